The molecule has 1 aromatic rings. The Morgan fingerprint density at radius 3 is 2.57 bits per heavy atom. The van der Waals surface area contributed by atoms with Crippen molar-refractivity contribution in [3.63, 3.8) is 0 Å². The summed E-state index contributed by atoms with van der Waals surface area (Å²) in [5.41, 5.74) is 1.20. The minimum absolute atomic E-state index is 0.0154. The summed E-state index contributed by atoms with van der Waals surface area (Å²) in [7, 11) is 0. The average molecular weight is 318 g/mol. The first-order valence-corrected chi connectivity index (χ1v) is 8.13. The highest BCUT2D eigenvalue weighted by Crippen LogP contribution is 2.28. The van der Waals surface area contributed by atoms with E-state index in [4.69, 9.17) is 5.11 Å². The van der Waals surface area contributed by atoms with Crippen LogP contribution in [0.15, 0.2) is 30.3 Å². The molecule has 1 aliphatic rings. The number of rotatable bonds is 5. The third kappa shape index (κ3) is 4.47. The molecule has 0 radical (unpaired) electrons. The lowest BCUT2D eigenvalue weighted by Gasteiger charge is -2.30. The van der Waals surface area contributed by atoms with Gasteiger partial charge in [0.05, 0.1) is 5.92 Å². The lowest BCUT2D eigenvalue weighted by molar-refractivity contribution is -0.141. The smallest absolute Gasteiger partial charge is 0.317 e. The summed E-state index contributed by atoms with van der Waals surface area (Å²) in [6.45, 7) is 7.14. The number of carbonyl (C=O) groups is 2. The number of likely N-dealkylation sites (tertiary alicyclic amines) is 1. The number of aliphatic carboxylic acids is 1. The highest BCUT2D eigenvalue weighted by Gasteiger charge is 2.32. The first-order valence-electron chi connectivity index (χ1n) is 8.13. The van der Waals surface area contributed by atoms with E-state index in [1.54, 1.807) is 4.90 Å². The first-order chi connectivity index (χ1) is 10.8. The first kappa shape index (κ1) is 17.3. The van der Waals surface area contributed by atoms with Crippen molar-refractivity contribution in [1.82, 2.24) is 10.2 Å². The number of nitrogens with one attached hydrogen (secondary N) is 1. The Morgan fingerprint density at radius 1 is 1.35 bits per heavy atom. The zero-order valence-electron chi connectivity index (χ0n) is 14.1. The van der Waals surface area contributed by atoms with Crippen molar-refractivity contribution in [2.75, 3.05) is 13.1 Å². The van der Waals surface area contributed by atoms with Crippen LogP contribution in [0.5, 0.6) is 0 Å². The van der Waals surface area contributed by atoms with Gasteiger partial charge >= 0.3 is 12.0 Å². The van der Waals surface area contributed by atoms with Gasteiger partial charge in [0, 0.05) is 19.1 Å². The molecule has 0 bridgehead atoms. The molecular weight excluding hydrogens is 292 g/mol. The largest absolute Gasteiger partial charge is 0.481 e. The summed E-state index contributed by atoms with van der Waals surface area (Å²) in [6, 6.07) is 10.1. The number of hydrogen-bond acceptors (Lipinski definition) is 2. The van der Waals surface area contributed by atoms with Gasteiger partial charge in [-0.1, -0.05) is 44.2 Å². The van der Waals surface area contributed by atoms with Gasteiger partial charge in [0.25, 0.3) is 0 Å². The monoisotopic (exact) mass is 318 g/mol. The highest BCUT2D eigenvalue weighted by molar-refractivity contribution is 5.77. The van der Waals surface area contributed by atoms with Crippen LogP contribution in [0.2, 0.25) is 0 Å². The van der Waals surface area contributed by atoms with E-state index in [9.17, 15) is 9.59 Å². The number of carbonyl (C=O) groups excluding carboxylic acids is 1. The van der Waals surface area contributed by atoms with Gasteiger partial charge in [-0.15, -0.1) is 0 Å². The number of nitrogens with zero attached hydrogens (tertiary/aromatic N) is 1. The molecule has 0 saturated carbocycles. The van der Waals surface area contributed by atoms with Crippen LogP contribution in [0, 0.1) is 5.92 Å². The van der Waals surface area contributed by atoms with Gasteiger partial charge in [0.2, 0.25) is 0 Å². The molecule has 2 amide bonds. The van der Waals surface area contributed by atoms with Gasteiger partial charge in [-0.05, 0) is 30.7 Å². The van der Waals surface area contributed by atoms with E-state index in [-0.39, 0.29) is 17.5 Å². The molecule has 0 aromatic heterocycles. The van der Waals surface area contributed by atoms with Crippen LogP contribution in [-0.2, 0) is 10.2 Å². The maximum Gasteiger partial charge on any atom is 0.317 e. The fraction of sp³-hybridized carbons (Fsp3) is 0.556. The Kier molecular flexibility index (Phi) is 5.29. The Hall–Kier alpha value is -2.04. The zero-order valence-corrected chi connectivity index (χ0v) is 14.1. The van der Waals surface area contributed by atoms with Gasteiger partial charge in [0.1, 0.15) is 0 Å². The molecule has 2 atom stereocenters. The van der Waals surface area contributed by atoms with Crippen LogP contribution in [0.1, 0.15) is 39.2 Å². The highest BCUT2D eigenvalue weighted by atomic mass is 16.4. The summed E-state index contributed by atoms with van der Waals surface area (Å²) >= 11 is 0. The van der Waals surface area contributed by atoms with Gasteiger partial charge in [0.15, 0.2) is 0 Å². The molecule has 0 spiro atoms. The summed E-state index contributed by atoms with van der Waals surface area (Å²) in [4.78, 5) is 24.8. The van der Waals surface area contributed by atoms with Crippen LogP contribution in [-0.4, -0.2) is 41.1 Å². The number of carboxylic acids is 1. The molecule has 1 saturated heterocycles. The van der Waals surface area contributed by atoms with Crippen LogP contribution in [0.4, 0.5) is 4.79 Å². The summed E-state index contributed by atoms with van der Waals surface area (Å²) < 4.78 is 0. The molecule has 126 valence electrons. The quantitative estimate of drug-likeness (QED) is 0.877. The molecule has 0 aliphatic carbocycles. The predicted molar refractivity (Wildman–Crippen MR) is 89.4 cm³/mol. The van der Waals surface area contributed by atoms with E-state index in [0.29, 0.717) is 19.5 Å². The van der Waals surface area contributed by atoms with E-state index in [1.807, 2.05) is 25.1 Å². The van der Waals surface area contributed by atoms with Crippen LogP contribution in [0.25, 0.3) is 0 Å². The second-order valence-electron chi connectivity index (χ2n) is 7.07. The summed E-state index contributed by atoms with van der Waals surface area (Å²) in [6.07, 6.45) is 1.35. The average Bonchev–Trinajstić information content (AvgIpc) is 2.97. The Bertz CT molecular complexity index is 557. The third-order valence-corrected chi connectivity index (χ3v) is 4.57. The van der Waals surface area contributed by atoms with E-state index >= 15 is 0 Å². The lowest BCUT2D eigenvalue weighted by Crippen LogP contribution is -2.44. The van der Waals surface area contributed by atoms with Crippen LogP contribution < -0.4 is 5.32 Å². The SMILES string of the molecule is CC(CC(C)(C)c1ccccc1)NC(=O)N1CCC(C(=O)O)C1. The second-order valence-corrected chi connectivity index (χ2v) is 7.07. The minimum atomic E-state index is -0.821. The Balaban J connectivity index is 1.88. The van der Waals surface area contributed by atoms with Gasteiger partial charge in [-0.2, -0.15) is 0 Å². The minimum Gasteiger partial charge on any atom is -0.481 e. The van der Waals surface area contributed by atoms with Crippen molar-refractivity contribution in [3.8, 4) is 0 Å². The molecule has 2 N–H and O–H groups in total. The number of hydrogen-bond donors (Lipinski definition) is 2. The van der Waals surface area contributed by atoms with Crippen molar-refractivity contribution >= 4 is 12.0 Å². The number of urea groups is 1. The maximum atomic E-state index is 12.3. The zero-order chi connectivity index (χ0) is 17.0. The third-order valence-electron chi connectivity index (χ3n) is 4.57. The van der Waals surface area contributed by atoms with Crippen molar-refractivity contribution in [2.45, 2.75) is 45.1 Å². The van der Waals surface area contributed by atoms with Crippen molar-refractivity contribution in [2.24, 2.45) is 5.92 Å². The fourth-order valence-electron chi connectivity index (χ4n) is 3.27. The number of amides is 2. The second kappa shape index (κ2) is 7.02. The van der Waals surface area contributed by atoms with Crippen molar-refractivity contribution < 1.29 is 14.7 Å². The summed E-state index contributed by atoms with van der Waals surface area (Å²) in [5, 5.41) is 12.0. The molecule has 5 heteroatoms. The van der Waals surface area contributed by atoms with Gasteiger partial charge in [-0.3, -0.25) is 4.79 Å². The van der Waals surface area contributed by atoms with E-state index in [1.165, 1.54) is 5.56 Å². The maximum absolute atomic E-state index is 12.3. The lowest BCUT2D eigenvalue weighted by atomic mass is 9.79. The topological polar surface area (TPSA) is 69.6 Å². The standard InChI is InChI=1S/C18H26N2O3/c1-13(11-18(2,3)15-7-5-4-6-8-15)19-17(23)20-10-9-14(12-20)16(21)22/h4-8,13-14H,9-12H2,1-3H3,(H,19,23)(H,21,22). The number of carboxylic acid groups (broad SMARTS) is 1. The molecule has 1 heterocycles. The fourth-order valence-corrected chi connectivity index (χ4v) is 3.27. The van der Waals surface area contributed by atoms with E-state index in [2.05, 4.69) is 31.3 Å². The van der Waals surface area contributed by atoms with E-state index < -0.39 is 11.9 Å². The summed E-state index contributed by atoms with van der Waals surface area (Å²) in [5.74, 6) is -1.25. The van der Waals surface area contributed by atoms with Crippen molar-refractivity contribution in [1.29, 1.82) is 0 Å². The predicted octanol–water partition coefficient (Wildman–Crippen LogP) is 2.86. The molecular formula is C18H26N2O3. The molecule has 2 unspecified atom stereocenters. The molecule has 2 rings (SSSR count). The molecule has 1 fully saturated rings. The van der Waals surface area contributed by atoms with Gasteiger partial charge < -0.3 is 15.3 Å². The molecule has 23 heavy (non-hydrogen) atoms. The van der Waals surface area contributed by atoms with Crippen LogP contribution in [0.3, 0.4) is 0 Å². The normalized spacial score (nSPS) is 19.4. The van der Waals surface area contributed by atoms with Gasteiger partial charge in [-0.25, -0.2) is 4.79 Å². The Labute approximate surface area is 137 Å². The van der Waals surface area contributed by atoms with Crippen LogP contribution >= 0.6 is 0 Å². The molecule has 5 nitrogen and oxygen atoms in total. The molecule has 1 aromatic carbocycles. The number of benzene rings is 1. The van der Waals surface area contributed by atoms with E-state index in [0.717, 1.165) is 6.42 Å². The Morgan fingerprint density at radius 2 is 2.00 bits per heavy atom. The van der Waals surface area contributed by atoms with Crippen molar-refractivity contribution in [3.05, 3.63) is 35.9 Å². The molecule has 1 aliphatic heterocycles.